The van der Waals surface area contributed by atoms with Crippen LogP contribution in [0.4, 0.5) is 0 Å². The Morgan fingerprint density at radius 1 is 1.05 bits per heavy atom. The largest absolute Gasteiger partial charge is 0.333 e. The summed E-state index contributed by atoms with van der Waals surface area (Å²) in [4.78, 5) is 3.89. The van der Waals surface area contributed by atoms with Gasteiger partial charge in [0, 0.05) is 11.6 Å². The van der Waals surface area contributed by atoms with Crippen LogP contribution in [-0.2, 0) is 6.54 Å². The van der Waals surface area contributed by atoms with Crippen LogP contribution in [0.2, 0.25) is 18.1 Å². The summed E-state index contributed by atoms with van der Waals surface area (Å²) in [7, 11) is -1.61. The molecule has 1 aliphatic rings. The van der Waals surface area contributed by atoms with Gasteiger partial charge in [-0.2, -0.15) is 0 Å². The zero-order chi connectivity index (χ0) is 15.0. The SMILES string of the molecule is CC1=CC(C)([Si](C)(C)NCc2ccccc2)C(C)=C1C. The summed E-state index contributed by atoms with van der Waals surface area (Å²) in [6.45, 7) is 15.1. The normalized spacial score (nSPS) is 23.2. The van der Waals surface area contributed by atoms with Crippen molar-refractivity contribution >= 4 is 8.24 Å². The molecule has 2 rings (SSSR count). The van der Waals surface area contributed by atoms with Gasteiger partial charge >= 0.3 is 0 Å². The first-order chi connectivity index (χ1) is 9.28. The van der Waals surface area contributed by atoms with Crippen LogP contribution in [0.1, 0.15) is 33.3 Å². The van der Waals surface area contributed by atoms with Gasteiger partial charge in [-0.15, -0.1) is 0 Å². The Labute approximate surface area is 124 Å². The van der Waals surface area contributed by atoms with Crippen molar-refractivity contribution in [2.45, 2.75) is 52.4 Å². The van der Waals surface area contributed by atoms with E-state index in [1.807, 2.05) is 0 Å². The van der Waals surface area contributed by atoms with Crippen LogP contribution in [-0.4, -0.2) is 8.24 Å². The van der Waals surface area contributed by atoms with Crippen LogP contribution in [0, 0.1) is 0 Å². The second-order valence-electron chi connectivity index (χ2n) is 6.74. The molecule has 1 unspecified atom stereocenters. The van der Waals surface area contributed by atoms with Crippen LogP contribution < -0.4 is 4.98 Å². The van der Waals surface area contributed by atoms with Gasteiger partial charge in [0.15, 0.2) is 0 Å². The minimum atomic E-state index is -1.61. The molecule has 0 radical (unpaired) electrons. The quantitative estimate of drug-likeness (QED) is 0.764. The maximum atomic E-state index is 3.89. The number of allylic oxidation sites excluding steroid dienone is 4. The van der Waals surface area contributed by atoms with E-state index in [-0.39, 0.29) is 5.04 Å². The van der Waals surface area contributed by atoms with Crippen molar-refractivity contribution in [3.8, 4) is 0 Å². The number of hydrogen-bond acceptors (Lipinski definition) is 1. The van der Waals surface area contributed by atoms with E-state index < -0.39 is 8.24 Å². The molecule has 0 aromatic heterocycles. The fourth-order valence-corrected chi connectivity index (χ4v) is 5.80. The summed E-state index contributed by atoms with van der Waals surface area (Å²) in [5.41, 5.74) is 5.85. The summed E-state index contributed by atoms with van der Waals surface area (Å²) < 4.78 is 0. The third-order valence-corrected chi connectivity index (χ3v) is 9.49. The lowest BCUT2D eigenvalue weighted by atomic mass is 10.0. The first-order valence-electron chi connectivity index (χ1n) is 7.45. The Morgan fingerprint density at radius 3 is 2.15 bits per heavy atom. The van der Waals surface area contributed by atoms with Gasteiger partial charge in [-0.1, -0.05) is 67.6 Å². The topological polar surface area (TPSA) is 12.0 Å². The Bertz CT molecular complexity index is 554. The van der Waals surface area contributed by atoms with Gasteiger partial charge < -0.3 is 4.98 Å². The monoisotopic (exact) mass is 285 g/mol. The Kier molecular flexibility index (Phi) is 4.08. The second kappa shape index (κ2) is 5.34. The van der Waals surface area contributed by atoms with E-state index in [0.717, 1.165) is 6.54 Å². The third-order valence-electron chi connectivity index (χ3n) is 5.31. The number of nitrogens with one attached hydrogen (secondary N) is 1. The van der Waals surface area contributed by atoms with Crippen LogP contribution in [0.25, 0.3) is 0 Å². The molecule has 0 heterocycles. The van der Waals surface area contributed by atoms with Crippen molar-refractivity contribution in [1.82, 2.24) is 4.98 Å². The molecule has 0 saturated heterocycles. The molecule has 0 amide bonds. The highest BCUT2D eigenvalue weighted by Gasteiger charge is 2.45. The average molecular weight is 286 g/mol. The molecule has 1 atom stereocenters. The van der Waals surface area contributed by atoms with Gasteiger partial charge in [0.2, 0.25) is 0 Å². The van der Waals surface area contributed by atoms with Crippen molar-refractivity contribution in [2.75, 3.05) is 0 Å². The Morgan fingerprint density at radius 2 is 1.65 bits per heavy atom. The molecule has 0 aliphatic heterocycles. The molecule has 1 aromatic rings. The first-order valence-corrected chi connectivity index (χ1v) is 10.4. The van der Waals surface area contributed by atoms with E-state index >= 15 is 0 Å². The lowest BCUT2D eigenvalue weighted by molar-refractivity contribution is 0.778. The molecule has 1 aliphatic carbocycles. The zero-order valence-electron chi connectivity index (χ0n) is 13.7. The van der Waals surface area contributed by atoms with Gasteiger partial charge in [0.25, 0.3) is 0 Å². The highest BCUT2D eigenvalue weighted by Crippen LogP contribution is 2.52. The molecule has 1 N–H and O–H groups in total. The molecule has 2 heteroatoms. The Hall–Kier alpha value is -1.12. The van der Waals surface area contributed by atoms with Crippen molar-refractivity contribution in [1.29, 1.82) is 0 Å². The van der Waals surface area contributed by atoms with E-state index in [4.69, 9.17) is 0 Å². The van der Waals surface area contributed by atoms with Gasteiger partial charge in [0.05, 0.1) is 0 Å². The number of rotatable bonds is 4. The highest BCUT2D eigenvalue weighted by atomic mass is 28.3. The summed E-state index contributed by atoms with van der Waals surface area (Å²) in [5, 5.41) is 0.218. The van der Waals surface area contributed by atoms with Crippen LogP contribution >= 0.6 is 0 Å². The zero-order valence-corrected chi connectivity index (χ0v) is 14.7. The smallest absolute Gasteiger partial charge is 0.133 e. The fraction of sp³-hybridized carbons (Fsp3) is 0.444. The van der Waals surface area contributed by atoms with Crippen molar-refractivity contribution < 1.29 is 0 Å². The van der Waals surface area contributed by atoms with Crippen LogP contribution in [0.5, 0.6) is 0 Å². The van der Waals surface area contributed by atoms with E-state index in [2.05, 4.69) is 82.2 Å². The van der Waals surface area contributed by atoms with Crippen LogP contribution in [0.15, 0.2) is 53.1 Å². The lowest BCUT2D eigenvalue weighted by Gasteiger charge is -2.41. The average Bonchev–Trinajstić information content (AvgIpc) is 2.63. The minimum Gasteiger partial charge on any atom is -0.333 e. The van der Waals surface area contributed by atoms with E-state index in [9.17, 15) is 0 Å². The molecule has 20 heavy (non-hydrogen) atoms. The molecule has 0 spiro atoms. The van der Waals surface area contributed by atoms with Crippen molar-refractivity contribution in [3.05, 3.63) is 58.7 Å². The molecule has 108 valence electrons. The lowest BCUT2D eigenvalue weighted by Crippen LogP contribution is -2.53. The molecule has 0 saturated carbocycles. The molecule has 0 fully saturated rings. The van der Waals surface area contributed by atoms with Crippen molar-refractivity contribution in [2.24, 2.45) is 0 Å². The van der Waals surface area contributed by atoms with Crippen molar-refractivity contribution in [3.63, 3.8) is 0 Å². The number of benzene rings is 1. The Balaban J connectivity index is 2.19. The predicted octanol–water partition coefficient (Wildman–Crippen LogP) is 5.04. The van der Waals surface area contributed by atoms with E-state index in [1.165, 1.54) is 16.7 Å². The summed E-state index contributed by atoms with van der Waals surface area (Å²) in [6.07, 6.45) is 2.49. The first kappa shape index (κ1) is 15.3. The summed E-state index contributed by atoms with van der Waals surface area (Å²) >= 11 is 0. The van der Waals surface area contributed by atoms with Gasteiger partial charge in [-0.05, 0) is 31.9 Å². The predicted molar refractivity (Wildman–Crippen MR) is 91.3 cm³/mol. The van der Waals surface area contributed by atoms with E-state index in [1.54, 1.807) is 5.57 Å². The fourth-order valence-electron chi connectivity index (χ4n) is 3.09. The third kappa shape index (κ3) is 2.55. The standard InChI is InChI=1S/C18H27NSi/c1-14-12-18(4,16(3)15(14)2)20(5,6)19-13-17-10-8-7-9-11-17/h7-12,19H,13H2,1-6H3. The maximum Gasteiger partial charge on any atom is 0.133 e. The molecule has 0 bridgehead atoms. The molecule has 1 aromatic carbocycles. The van der Waals surface area contributed by atoms with Gasteiger partial charge in [-0.3, -0.25) is 0 Å². The summed E-state index contributed by atoms with van der Waals surface area (Å²) in [6, 6.07) is 10.7. The van der Waals surface area contributed by atoms with Gasteiger partial charge in [-0.25, -0.2) is 0 Å². The van der Waals surface area contributed by atoms with Gasteiger partial charge in [0.1, 0.15) is 8.24 Å². The molecule has 1 nitrogen and oxygen atoms in total. The minimum absolute atomic E-state index is 0.218. The molecular formula is C18H27NSi. The summed E-state index contributed by atoms with van der Waals surface area (Å²) in [5.74, 6) is 0. The number of hydrogen-bond donors (Lipinski definition) is 1. The highest BCUT2D eigenvalue weighted by molar-refractivity contribution is 6.79. The van der Waals surface area contributed by atoms with Crippen LogP contribution in [0.3, 0.4) is 0 Å². The molecular weight excluding hydrogens is 258 g/mol. The maximum absolute atomic E-state index is 3.89. The van der Waals surface area contributed by atoms with E-state index in [0.29, 0.717) is 0 Å². The second-order valence-corrected chi connectivity index (χ2v) is 11.4.